The van der Waals surface area contributed by atoms with Gasteiger partial charge in [0.15, 0.2) is 0 Å². The maximum atomic E-state index is 14.5. The molecule has 3 N–H and O–H groups in total. The Morgan fingerprint density at radius 1 is 1.06 bits per heavy atom. The summed E-state index contributed by atoms with van der Waals surface area (Å²) < 4.78 is 49.3. The summed E-state index contributed by atoms with van der Waals surface area (Å²) in [5.74, 6) is -3.80. The number of hydrogen-bond acceptors (Lipinski definition) is 5. The highest BCUT2D eigenvalue weighted by Crippen LogP contribution is 2.45. The molecule has 3 aromatic rings. The molecule has 0 saturated carbocycles. The van der Waals surface area contributed by atoms with Gasteiger partial charge in [-0.15, -0.1) is 0 Å². The largest absolute Gasteiger partial charge is 0.496 e. The minimum Gasteiger partial charge on any atom is -0.496 e. The third-order valence-corrected chi connectivity index (χ3v) is 5.43. The number of nitrogens with zero attached hydrogens (tertiary/aromatic N) is 1. The molecular formula is C22H17F3N4O5. The Bertz CT molecular complexity index is 1430. The number of ether oxygens (including phenoxy) is 1. The number of hydrogen-bond donors (Lipinski definition) is 3. The van der Waals surface area contributed by atoms with Crippen LogP contribution in [0.25, 0.3) is 5.69 Å². The highest BCUT2D eigenvalue weighted by molar-refractivity contribution is 6.10. The number of rotatable bonds is 4. The van der Waals surface area contributed by atoms with Crippen LogP contribution < -0.4 is 26.6 Å². The van der Waals surface area contributed by atoms with E-state index in [9.17, 15) is 32.3 Å². The molecule has 34 heavy (non-hydrogen) atoms. The molecule has 0 aliphatic carbocycles. The van der Waals surface area contributed by atoms with E-state index in [4.69, 9.17) is 4.74 Å². The van der Waals surface area contributed by atoms with Gasteiger partial charge in [0.2, 0.25) is 0 Å². The Labute approximate surface area is 189 Å². The van der Waals surface area contributed by atoms with E-state index in [1.165, 1.54) is 43.5 Å². The minimum atomic E-state index is -5.46. The van der Waals surface area contributed by atoms with Crippen LogP contribution in [0.3, 0.4) is 0 Å². The molecule has 4 rings (SSSR count). The van der Waals surface area contributed by atoms with Crippen LogP contribution >= 0.6 is 0 Å². The summed E-state index contributed by atoms with van der Waals surface area (Å²) in [6, 6.07) is 11.5. The second kappa shape index (κ2) is 7.90. The smallest absolute Gasteiger partial charge is 0.425 e. The fourth-order valence-electron chi connectivity index (χ4n) is 3.79. The van der Waals surface area contributed by atoms with Crippen molar-refractivity contribution >= 4 is 17.6 Å². The normalized spacial score (nSPS) is 17.1. The Hall–Kier alpha value is -4.35. The number of nitrogens with one attached hydrogen (secondary N) is 3. The van der Waals surface area contributed by atoms with Crippen molar-refractivity contribution in [1.29, 1.82) is 0 Å². The monoisotopic (exact) mass is 474 g/mol. The van der Waals surface area contributed by atoms with E-state index in [0.717, 1.165) is 10.1 Å². The van der Waals surface area contributed by atoms with Crippen LogP contribution in [-0.2, 0) is 10.3 Å². The molecule has 1 aliphatic rings. The molecule has 0 fully saturated rings. The number of aromatic nitrogens is 2. The zero-order chi connectivity index (χ0) is 24.8. The number of anilines is 1. The molecule has 0 bridgehead atoms. The number of carbonyl (C=O) groups excluding carboxylic acids is 2. The quantitative estimate of drug-likeness (QED) is 0.534. The highest BCUT2D eigenvalue weighted by atomic mass is 19.4. The van der Waals surface area contributed by atoms with Crippen molar-refractivity contribution in [3.8, 4) is 11.4 Å². The molecule has 2 amide bonds. The van der Waals surface area contributed by atoms with Crippen LogP contribution in [0.15, 0.2) is 58.1 Å². The highest BCUT2D eigenvalue weighted by Gasteiger charge is 2.68. The fourth-order valence-corrected chi connectivity index (χ4v) is 3.79. The molecule has 2 heterocycles. The van der Waals surface area contributed by atoms with E-state index in [2.05, 4.69) is 0 Å². The summed E-state index contributed by atoms with van der Waals surface area (Å²) in [6.07, 6.45) is -5.46. The van der Waals surface area contributed by atoms with Gasteiger partial charge in [-0.1, -0.05) is 29.8 Å². The van der Waals surface area contributed by atoms with Crippen LogP contribution in [0.2, 0.25) is 0 Å². The summed E-state index contributed by atoms with van der Waals surface area (Å²) in [5, 5.41) is 3.67. The molecule has 1 aliphatic heterocycles. The Morgan fingerprint density at radius 3 is 2.32 bits per heavy atom. The first-order valence-electron chi connectivity index (χ1n) is 9.82. The van der Waals surface area contributed by atoms with Crippen LogP contribution in [0.5, 0.6) is 5.75 Å². The summed E-state index contributed by atoms with van der Waals surface area (Å²) in [4.78, 5) is 52.8. The number of alkyl halides is 3. The third-order valence-electron chi connectivity index (χ3n) is 5.43. The zero-order valence-electron chi connectivity index (χ0n) is 17.7. The maximum absolute atomic E-state index is 14.5. The van der Waals surface area contributed by atoms with Crippen LogP contribution in [-0.4, -0.2) is 34.7 Å². The standard InChI is InChI=1S/C22H17F3N4O5/c1-11-7-9-12(10-8-11)29-16-15(18(31)27-20(29)33)21(19(32)26-16,22(23,24)25)28-17(30)13-5-3-4-6-14(13)34-2/h3-10H,1-2H3,(H,26,32)(H,28,30)(H,27,31,33). The first-order valence-corrected chi connectivity index (χ1v) is 9.82. The number of aromatic amines is 1. The second-order valence-electron chi connectivity index (χ2n) is 7.51. The number of halogens is 3. The predicted octanol–water partition coefficient (Wildman–Crippen LogP) is 1.98. The number of benzene rings is 2. The van der Waals surface area contributed by atoms with Crippen molar-refractivity contribution in [1.82, 2.24) is 14.9 Å². The van der Waals surface area contributed by atoms with Crippen molar-refractivity contribution < 1.29 is 27.5 Å². The maximum Gasteiger partial charge on any atom is 0.425 e. The third kappa shape index (κ3) is 3.34. The molecule has 2 aromatic carbocycles. The van der Waals surface area contributed by atoms with Crippen LogP contribution in [0, 0.1) is 6.92 Å². The van der Waals surface area contributed by atoms with E-state index in [-0.39, 0.29) is 17.0 Å². The average Bonchev–Trinajstić information content (AvgIpc) is 3.08. The molecule has 9 nitrogen and oxygen atoms in total. The molecule has 1 atom stereocenters. The number of aryl methyl sites for hydroxylation is 1. The van der Waals surface area contributed by atoms with E-state index in [1.54, 1.807) is 24.4 Å². The lowest BCUT2D eigenvalue weighted by Gasteiger charge is -2.30. The van der Waals surface area contributed by atoms with Gasteiger partial charge >= 0.3 is 11.9 Å². The van der Waals surface area contributed by atoms with Gasteiger partial charge in [0.1, 0.15) is 17.1 Å². The topological polar surface area (TPSA) is 122 Å². The van der Waals surface area contributed by atoms with E-state index in [1.807, 2.05) is 10.3 Å². The van der Waals surface area contributed by atoms with Crippen molar-refractivity contribution in [2.24, 2.45) is 0 Å². The summed E-state index contributed by atoms with van der Waals surface area (Å²) in [5.41, 5.74) is -6.87. The lowest BCUT2D eigenvalue weighted by atomic mass is 9.91. The van der Waals surface area contributed by atoms with Gasteiger partial charge in [-0.3, -0.25) is 19.4 Å². The van der Waals surface area contributed by atoms with Gasteiger partial charge in [-0.05, 0) is 31.2 Å². The molecule has 1 unspecified atom stereocenters. The summed E-state index contributed by atoms with van der Waals surface area (Å²) in [6.45, 7) is 1.76. The van der Waals surface area contributed by atoms with E-state index in [0.29, 0.717) is 0 Å². The van der Waals surface area contributed by atoms with E-state index < -0.39 is 46.2 Å². The SMILES string of the molecule is COc1ccccc1C(=O)NC1(C(F)(F)F)C(=O)Nc2c1c(=O)[nH]c(=O)n2-c1ccc(C)cc1. The average molecular weight is 474 g/mol. The van der Waals surface area contributed by atoms with Gasteiger partial charge < -0.3 is 15.4 Å². The second-order valence-corrected chi connectivity index (χ2v) is 7.51. The molecule has 0 radical (unpaired) electrons. The Balaban J connectivity index is 1.97. The Kier molecular flexibility index (Phi) is 5.31. The van der Waals surface area contributed by atoms with Crippen molar-refractivity contribution in [2.75, 3.05) is 12.4 Å². The molecular weight excluding hydrogens is 457 g/mol. The number of methoxy groups -OCH3 is 1. The number of amides is 2. The van der Waals surface area contributed by atoms with Gasteiger partial charge in [0, 0.05) is 0 Å². The lowest BCUT2D eigenvalue weighted by Crippen LogP contribution is -2.62. The molecule has 12 heteroatoms. The molecule has 0 saturated heterocycles. The Morgan fingerprint density at radius 2 is 1.71 bits per heavy atom. The molecule has 176 valence electrons. The minimum absolute atomic E-state index is 0.0468. The zero-order valence-corrected chi connectivity index (χ0v) is 17.7. The number of fused-ring (bicyclic) bond motifs is 1. The number of H-pyrrole nitrogens is 1. The predicted molar refractivity (Wildman–Crippen MR) is 114 cm³/mol. The fraction of sp³-hybridized carbons (Fsp3) is 0.182. The van der Waals surface area contributed by atoms with Gasteiger partial charge in [-0.25, -0.2) is 9.36 Å². The van der Waals surface area contributed by atoms with Crippen LogP contribution in [0.4, 0.5) is 19.0 Å². The van der Waals surface area contributed by atoms with Crippen molar-refractivity contribution in [2.45, 2.75) is 18.6 Å². The number of carbonyl (C=O) groups is 2. The summed E-state index contributed by atoms with van der Waals surface area (Å²) in [7, 11) is 1.22. The first-order chi connectivity index (χ1) is 16.0. The van der Waals surface area contributed by atoms with Gasteiger partial charge in [-0.2, -0.15) is 13.2 Å². The first kappa shape index (κ1) is 22.8. The molecule has 0 spiro atoms. The lowest BCUT2D eigenvalue weighted by molar-refractivity contribution is -0.196. The van der Waals surface area contributed by atoms with Gasteiger partial charge in [0.25, 0.3) is 22.9 Å². The molecule has 1 aromatic heterocycles. The number of para-hydroxylation sites is 1. The summed E-state index contributed by atoms with van der Waals surface area (Å²) >= 11 is 0. The van der Waals surface area contributed by atoms with Crippen LogP contribution in [0.1, 0.15) is 21.5 Å². The van der Waals surface area contributed by atoms with Crippen molar-refractivity contribution in [3.05, 3.63) is 86.1 Å². The van der Waals surface area contributed by atoms with Gasteiger partial charge in [0.05, 0.1) is 18.4 Å². The van der Waals surface area contributed by atoms with E-state index >= 15 is 0 Å². The van der Waals surface area contributed by atoms with Crippen molar-refractivity contribution in [3.63, 3.8) is 0 Å².